The van der Waals surface area contributed by atoms with Crippen molar-refractivity contribution in [1.82, 2.24) is 10.2 Å². The zero-order valence-corrected chi connectivity index (χ0v) is 17.6. The van der Waals surface area contributed by atoms with Gasteiger partial charge in [-0.25, -0.2) is 14.1 Å². The van der Waals surface area contributed by atoms with Crippen molar-refractivity contribution >= 4 is 52.2 Å². The molecule has 1 aliphatic rings. The number of carbonyl (C=O) groups excluding carboxylic acids is 3. The van der Waals surface area contributed by atoms with Gasteiger partial charge in [-0.3, -0.25) is 9.59 Å². The SMILES string of the molecule is C#CCOc1ccc(/C=C2/NC(=O)N(CC(=O)Nc3ccccc3F)C2=O)cc1I. The normalized spacial score (nSPS) is 14.4. The molecule has 1 aliphatic heterocycles. The number of nitrogens with zero attached hydrogens (tertiary/aromatic N) is 1. The number of ether oxygens (including phenoxy) is 1. The van der Waals surface area contributed by atoms with Crippen LogP contribution in [0.3, 0.4) is 0 Å². The van der Waals surface area contributed by atoms with Gasteiger partial charge in [0.1, 0.15) is 30.4 Å². The van der Waals surface area contributed by atoms with E-state index < -0.39 is 30.2 Å². The van der Waals surface area contributed by atoms with Crippen LogP contribution in [-0.4, -0.2) is 35.9 Å². The highest BCUT2D eigenvalue weighted by Gasteiger charge is 2.35. The Bertz CT molecular complexity index is 1090. The van der Waals surface area contributed by atoms with E-state index in [4.69, 9.17) is 11.2 Å². The maximum Gasteiger partial charge on any atom is 0.329 e. The smallest absolute Gasteiger partial charge is 0.329 e. The molecular formula is C21H15FIN3O4. The Labute approximate surface area is 185 Å². The van der Waals surface area contributed by atoms with Crippen molar-refractivity contribution in [3.8, 4) is 18.1 Å². The maximum atomic E-state index is 13.6. The van der Waals surface area contributed by atoms with E-state index in [1.807, 2.05) is 0 Å². The van der Waals surface area contributed by atoms with Crippen LogP contribution in [0.25, 0.3) is 6.08 Å². The average molecular weight is 519 g/mol. The number of halogens is 2. The molecule has 7 nitrogen and oxygen atoms in total. The van der Waals surface area contributed by atoms with Crippen molar-refractivity contribution in [2.75, 3.05) is 18.5 Å². The molecule has 0 aliphatic carbocycles. The fourth-order valence-electron chi connectivity index (χ4n) is 2.62. The van der Waals surface area contributed by atoms with Crippen molar-refractivity contribution < 1.29 is 23.5 Å². The van der Waals surface area contributed by atoms with Crippen LogP contribution in [0.2, 0.25) is 0 Å². The predicted molar refractivity (Wildman–Crippen MR) is 117 cm³/mol. The van der Waals surface area contributed by atoms with E-state index in [1.54, 1.807) is 24.3 Å². The number of urea groups is 1. The monoisotopic (exact) mass is 519 g/mol. The number of terminal acetylenes is 1. The lowest BCUT2D eigenvalue weighted by Gasteiger charge is -2.12. The number of imide groups is 1. The first-order valence-electron chi connectivity index (χ1n) is 8.64. The second-order valence-corrected chi connectivity index (χ2v) is 7.25. The van der Waals surface area contributed by atoms with Crippen LogP contribution in [0.4, 0.5) is 14.9 Å². The summed E-state index contributed by atoms with van der Waals surface area (Å²) in [5.41, 5.74) is 0.632. The Hall–Kier alpha value is -3.39. The standard InChI is InChI=1S/C21H15FIN3O4/c1-2-9-30-18-8-7-13(10-15(18)23)11-17-20(28)26(21(29)25-17)12-19(27)24-16-6-4-3-5-14(16)22/h1,3-8,10-11H,9,12H2,(H,24,27)(H,25,29)/b17-11+. The van der Waals surface area contributed by atoms with Gasteiger partial charge in [0.05, 0.1) is 9.26 Å². The lowest BCUT2D eigenvalue weighted by molar-refractivity contribution is -0.127. The minimum absolute atomic E-state index is 0.0202. The number of anilines is 1. The average Bonchev–Trinajstić information content (AvgIpc) is 2.96. The molecule has 152 valence electrons. The van der Waals surface area contributed by atoms with Gasteiger partial charge >= 0.3 is 6.03 Å². The zero-order chi connectivity index (χ0) is 21.7. The molecule has 2 aromatic carbocycles. The van der Waals surface area contributed by atoms with E-state index >= 15 is 0 Å². The third-order valence-corrected chi connectivity index (χ3v) is 4.83. The van der Waals surface area contributed by atoms with Crippen molar-refractivity contribution in [3.63, 3.8) is 0 Å². The molecule has 3 rings (SSSR count). The lowest BCUT2D eigenvalue weighted by atomic mass is 10.2. The number of benzene rings is 2. The molecule has 0 aromatic heterocycles. The zero-order valence-electron chi connectivity index (χ0n) is 15.4. The molecule has 1 heterocycles. The predicted octanol–water partition coefficient (Wildman–Crippen LogP) is 2.97. The Morgan fingerprint density at radius 1 is 1.30 bits per heavy atom. The highest BCUT2D eigenvalue weighted by atomic mass is 127. The van der Waals surface area contributed by atoms with Crippen LogP contribution >= 0.6 is 22.6 Å². The first kappa shape index (κ1) is 21.3. The van der Waals surface area contributed by atoms with Crippen LogP contribution in [0, 0.1) is 21.7 Å². The number of carbonyl (C=O) groups is 3. The lowest BCUT2D eigenvalue weighted by Crippen LogP contribution is -2.38. The van der Waals surface area contributed by atoms with Crippen molar-refractivity contribution in [2.45, 2.75) is 0 Å². The molecule has 2 N–H and O–H groups in total. The minimum Gasteiger partial charge on any atom is -0.480 e. The van der Waals surface area contributed by atoms with Gasteiger partial charge < -0.3 is 15.4 Å². The number of hydrogen-bond acceptors (Lipinski definition) is 4. The third kappa shape index (κ3) is 4.96. The number of amides is 4. The fraction of sp³-hybridized carbons (Fsp3) is 0.0952. The molecule has 1 fully saturated rings. The second kappa shape index (κ2) is 9.41. The summed E-state index contributed by atoms with van der Waals surface area (Å²) in [5, 5.41) is 4.77. The van der Waals surface area contributed by atoms with E-state index in [1.165, 1.54) is 24.3 Å². The summed E-state index contributed by atoms with van der Waals surface area (Å²) < 4.78 is 19.8. The van der Waals surface area contributed by atoms with Gasteiger partial charge in [0.15, 0.2) is 0 Å². The number of para-hydroxylation sites is 1. The van der Waals surface area contributed by atoms with Gasteiger partial charge in [-0.05, 0) is 58.5 Å². The first-order valence-corrected chi connectivity index (χ1v) is 9.71. The molecule has 0 radical (unpaired) electrons. The number of rotatable bonds is 6. The van der Waals surface area contributed by atoms with Gasteiger partial charge in [-0.15, -0.1) is 6.42 Å². The molecule has 2 aromatic rings. The van der Waals surface area contributed by atoms with E-state index in [-0.39, 0.29) is 18.0 Å². The van der Waals surface area contributed by atoms with Crippen LogP contribution in [0.15, 0.2) is 48.2 Å². The molecule has 0 unspecified atom stereocenters. The Kier molecular flexibility index (Phi) is 6.68. The second-order valence-electron chi connectivity index (χ2n) is 6.09. The number of hydrogen-bond donors (Lipinski definition) is 2. The van der Waals surface area contributed by atoms with E-state index in [2.05, 4.69) is 39.1 Å². The third-order valence-electron chi connectivity index (χ3n) is 3.99. The van der Waals surface area contributed by atoms with E-state index in [0.29, 0.717) is 11.3 Å². The molecule has 0 saturated carbocycles. The van der Waals surface area contributed by atoms with Crippen molar-refractivity contribution in [3.05, 3.63) is 63.1 Å². The number of nitrogens with one attached hydrogen (secondary N) is 2. The van der Waals surface area contributed by atoms with Crippen molar-refractivity contribution in [2.24, 2.45) is 0 Å². The summed E-state index contributed by atoms with van der Waals surface area (Å²) in [6.07, 6.45) is 6.66. The summed E-state index contributed by atoms with van der Waals surface area (Å²) in [6, 6.07) is 10.0. The highest BCUT2D eigenvalue weighted by molar-refractivity contribution is 14.1. The molecule has 30 heavy (non-hydrogen) atoms. The Morgan fingerprint density at radius 3 is 2.77 bits per heavy atom. The van der Waals surface area contributed by atoms with Gasteiger partial charge in [-0.1, -0.05) is 24.1 Å². The van der Waals surface area contributed by atoms with E-state index in [9.17, 15) is 18.8 Å². The van der Waals surface area contributed by atoms with Crippen molar-refractivity contribution in [1.29, 1.82) is 0 Å². The molecule has 4 amide bonds. The molecule has 0 atom stereocenters. The quantitative estimate of drug-likeness (QED) is 0.266. The maximum absolute atomic E-state index is 13.6. The summed E-state index contributed by atoms with van der Waals surface area (Å²) in [4.78, 5) is 37.6. The topological polar surface area (TPSA) is 87.7 Å². The van der Waals surface area contributed by atoms with Gasteiger partial charge in [0, 0.05) is 0 Å². The Balaban J connectivity index is 1.70. The highest BCUT2D eigenvalue weighted by Crippen LogP contribution is 2.24. The Morgan fingerprint density at radius 2 is 2.07 bits per heavy atom. The molecule has 0 spiro atoms. The van der Waals surface area contributed by atoms with Crippen LogP contribution in [0.1, 0.15) is 5.56 Å². The first-order chi connectivity index (χ1) is 14.4. The van der Waals surface area contributed by atoms with E-state index in [0.717, 1.165) is 8.47 Å². The minimum atomic E-state index is -0.737. The summed E-state index contributed by atoms with van der Waals surface area (Å²) in [5.74, 6) is 1.00. The molecule has 0 bridgehead atoms. The summed E-state index contributed by atoms with van der Waals surface area (Å²) in [7, 11) is 0. The molecule has 9 heteroatoms. The van der Waals surface area contributed by atoms with Gasteiger partial charge in [0.25, 0.3) is 5.91 Å². The summed E-state index contributed by atoms with van der Waals surface area (Å²) >= 11 is 2.07. The van der Waals surface area contributed by atoms with Gasteiger partial charge in [-0.2, -0.15) is 0 Å². The summed E-state index contributed by atoms with van der Waals surface area (Å²) in [6.45, 7) is -0.415. The van der Waals surface area contributed by atoms with Crippen LogP contribution in [0.5, 0.6) is 5.75 Å². The molecular weight excluding hydrogens is 504 g/mol. The van der Waals surface area contributed by atoms with Crippen LogP contribution in [-0.2, 0) is 9.59 Å². The van der Waals surface area contributed by atoms with Crippen LogP contribution < -0.4 is 15.4 Å². The molecule has 1 saturated heterocycles. The van der Waals surface area contributed by atoms with Gasteiger partial charge in [0.2, 0.25) is 5.91 Å². The largest absolute Gasteiger partial charge is 0.480 e. The fourth-order valence-corrected chi connectivity index (χ4v) is 3.32.